The van der Waals surface area contributed by atoms with Gasteiger partial charge in [0.15, 0.2) is 0 Å². The lowest BCUT2D eigenvalue weighted by Crippen LogP contribution is -2.43. The van der Waals surface area contributed by atoms with E-state index >= 15 is 0 Å². The quantitative estimate of drug-likeness (QED) is 0.452. The monoisotopic (exact) mass is 386 g/mol. The van der Waals surface area contributed by atoms with Crippen molar-refractivity contribution < 1.29 is 23.7 Å². The van der Waals surface area contributed by atoms with Gasteiger partial charge in [-0.2, -0.15) is 4.39 Å². The highest BCUT2D eigenvalue weighted by Crippen LogP contribution is 2.47. The lowest BCUT2D eigenvalue weighted by molar-refractivity contribution is -0.387. The smallest absolute Gasteiger partial charge is 0.353 e. The molecular weight excluding hydrogens is 375 g/mol. The highest BCUT2D eigenvalue weighted by atomic mass is 79.9. The Labute approximate surface area is 138 Å². The fourth-order valence-corrected chi connectivity index (χ4v) is 3.72. The Bertz CT molecular complexity index is 738. The first-order chi connectivity index (χ1) is 10.9. The van der Waals surface area contributed by atoms with E-state index in [1.807, 2.05) is 0 Å². The standard InChI is InChI=1S/C14H12BrFN2O5/c1-22-13(19)14-4-2-3-8(14)12(17-23-14)7-5-11(18(20)21)10(16)6-9(7)15/h5-6,8H,2-4H2,1H3. The van der Waals surface area contributed by atoms with Crippen LogP contribution in [0.5, 0.6) is 0 Å². The molecule has 1 aliphatic carbocycles. The fourth-order valence-electron chi connectivity index (χ4n) is 3.20. The predicted octanol–water partition coefficient (Wildman–Crippen LogP) is 2.94. The molecule has 9 heteroatoms. The number of carbonyl (C=O) groups excluding carboxylic acids is 1. The topological polar surface area (TPSA) is 91.0 Å². The molecule has 1 aliphatic heterocycles. The normalized spacial score (nSPS) is 25.5. The lowest BCUT2D eigenvalue weighted by atomic mass is 9.84. The van der Waals surface area contributed by atoms with E-state index in [0.29, 0.717) is 28.6 Å². The van der Waals surface area contributed by atoms with Gasteiger partial charge in [-0.3, -0.25) is 10.1 Å². The average Bonchev–Trinajstić information content (AvgIpc) is 3.06. The molecule has 0 amide bonds. The van der Waals surface area contributed by atoms with Gasteiger partial charge in [0.05, 0.1) is 23.7 Å². The number of carbonyl (C=O) groups is 1. The van der Waals surface area contributed by atoms with Gasteiger partial charge in [0.1, 0.15) is 0 Å². The molecule has 122 valence electrons. The van der Waals surface area contributed by atoms with Gasteiger partial charge in [-0.25, -0.2) is 4.79 Å². The summed E-state index contributed by atoms with van der Waals surface area (Å²) in [5.74, 6) is -1.85. The molecule has 0 spiro atoms. The number of halogens is 2. The van der Waals surface area contributed by atoms with Crippen LogP contribution >= 0.6 is 15.9 Å². The van der Waals surface area contributed by atoms with Crippen LogP contribution in [0.4, 0.5) is 10.1 Å². The van der Waals surface area contributed by atoms with E-state index in [1.54, 1.807) is 0 Å². The highest BCUT2D eigenvalue weighted by Gasteiger charge is 2.59. The minimum Gasteiger partial charge on any atom is -0.466 e. The molecule has 1 saturated carbocycles. The minimum absolute atomic E-state index is 0.315. The predicted molar refractivity (Wildman–Crippen MR) is 80.5 cm³/mol. The van der Waals surface area contributed by atoms with Crippen molar-refractivity contribution in [2.75, 3.05) is 7.11 Å². The maximum absolute atomic E-state index is 13.7. The van der Waals surface area contributed by atoms with Crippen molar-refractivity contribution >= 4 is 33.3 Å². The van der Waals surface area contributed by atoms with E-state index in [9.17, 15) is 19.3 Å². The van der Waals surface area contributed by atoms with Crippen LogP contribution in [0.25, 0.3) is 0 Å². The second-order valence-corrected chi connectivity index (χ2v) is 6.29. The van der Waals surface area contributed by atoms with Gasteiger partial charge in [-0.1, -0.05) is 5.16 Å². The Morgan fingerprint density at radius 3 is 3.00 bits per heavy atom. The Balaban J connectivity index is 2.06. The van der Waals surface area contributed by atoms with Crippen molar-refractivity contribution in [1.29, 1.82) is 0 Å². The summed E-state index contributed by atoms with van der Waals surface area (Å²) in [5, 5.41) is 14.9. The van der Waals surface area contributed by atoms with Gasteiger partial charge >= 0.3 is 11.7 Å². The van der Waals surface area contributed by atoms with Crippen LogP contribution in [0.2, 0.25) is 0 Å². The van der Waals surface area contributed by atoms with E-state index in [-0.39, 0.29) is 5.92 Å². The summed E-state index contributed by atoms with van der Waals surface area (Å²) in [6.45, 7) is 0. The van der Waals surface area contributed by atoms with Crippen molar-refractivity contribution in [2.24, 2.45) is 11.1 Å². The molecule has 1 fully saturated rings. The molecule has 1 heterocycles. The van der Waals surface area contributed by atoms with Crippen LogP contribution in [-0.4, -0.2) is 29.3 Å². The number of fused-ring (bicyclic) bond motifs is 1. The molecule has 2 atom stereocenters. The first-order valence-electron chi connectivity index (χ1n) is 6.89. The van der Waals surface area contributed by atoms with Crippen LogP contribution in [0.1, 0.15) is 24.8 Å². The summed E-state index contributed by atoms with van der Waals surface area (Å²) in [6.07, 6.45) is 1.82. The first kappa shape index (κ1) is 15.9. The van der Waals surface area contributed by atoms with Gasteiger partial charge in [-0.15, -0.1) is 0 Å². The average molecular weight is 387 g/mol. The summed E-state index contributed by atoms with van der Waals surface area (Å²) >= 11 is 3.19. The number of benzene rings is 1. The molecular formula is C14H12BrFN2O5. The summed E-state index contributed by atoms with van der Waals surface area (Å²) < 4.78 is 18.8. The lowest BCUT2D eigenvalue weighted by Gasteiger charge is -2.23. The number of oxime groups is 1. The Hall–Kier alpha value is -2.03. The molecule has 0 radical (unpaired) electrons. The number of esters is 1. The third-order valence-electron chi connectivity index (χ3n) is 4.28. The van der Waals surface area contributed by atoms with Gasteiger partial charge in [-0.05, 0) is 34.8 Å². The van der Waals surface area contributed by atoms with Crippen molar-refractivity contribution in [2.45, 2.75) is 24.9 Å². The SMILES string of the molecule is COC(=O)C12CCCC1C(c1cc([N+](=O)[O-])c(F)cc1Br)=NO2. The van der Waals surface area contributed by atoms with Gasteiger partial charge in [0.25, 0.3) is 0 Å². The summed E-state index contributed by atoms with van der Waals surface area (Å²) in [4.78, 5) is 27.7. The Morgan fingerprint density at radius 1 is 1.61 bits per heavy atom. The number of hydrogen-bond donors (Lipinski definition) is 0. The van der Waals surface area contributed by atoms with Crippen molar-refractivity contribution in [3.63, 3.8) is 0 Å². The van der Waals surface area contributed by atoms with Crippen LogP contribution in [0.3, 0.4) is 0 Å². The van der Waals surface area contributed by atoms with Gasteiger partial charge < -0.3 is 9.57 Å². The zero-order chi connectivity index (χ0) is 16.8. The number of ether oxygens (including phenoxy) is 1. The Kier molecular flexibility index (Phi) is 3.83. The van der Waals surface area contributed by atoms with Gasteiger partial charge in [0, 0.05) is 22.5 Å². The zero-order valence-electron chi connectivity index (χ0n) is 12.0. The van der Waals surface area contributed by atoms with E-state index in [1.165, 1.54) is 7.11 Å². The second kappa shape index (κ2) is 5.55. The van der Waals surface area contributed by atoms with E-state index in [2.05, 4.69) is 21.1 Å². The molecule has 0 aromatic heterocycles. The minimum atomic E-state index is -1.19. The number of hydrogen-bond acceptors (Lipinski definition) is 6. The molecule has 3 rings (SSSR count). The fraction of sp³-hybridized carbons (Fsp3) is 0.429. The van der Waals surface area contributed by atoms with E-state index in [4.69, 9.17) is 9.57 Å². The van der Waals surface area contributed by atoms with E-state index in [0.717, 1.165) is 18.6 Å². The third kappa shape index (κ3) is 2.30. The molecule has 1 aromatic rings. The van der Waals surface area contributed by atoms with Crippen LogP contribution < -0.4 is 0 Å². The molecule has 0 bridgehead atoms. The van der Waals surface area contributed by atoms with Crippen molar-refractivity contribution in [1.82, 2.24) is 0 Å². The number of rotatable bonds is 3. The zero-order valence-corrected chi connectivity index (χ0v) is 13.6. The largest absolute Gasteiger partial charge is 0.466 e. The maximum Gasteiger partial charge on any atom is 0.353 e. The highest BCUT2D eigenvalue weighted by molar-refractivity contribution is 9.10. The van der Waals surface area contributed by atoms with Gasteiger partial charge in [0.2, 0.25) is 11.4 Å². The summed E-state index contributed by atoms with van der Waals surface area (Å²) in [7, 11) is 1.27. The van der Waals surface area contributed by atoms with Crippen LogP contribution in [0.15, 0.2) is 21.8 Å². The number of nitro benzene ring substituents is 1. The number of methoxy groups -OCH3 is 1. The molecule has 23 heavy (non-hydrogen) atoms. The third-order valence-corrected chi connectivity index (χ3v) is 4.94. The summed E-state index contributed by atoms with van der Waals surface area (Å²) in [5.41, 5.74) is -1.11. The molecule has 2 unspecified atom stereocenters. The molecule has 7 nitrogen and oxygen atoms in total. The molecule has 0 saturated heterocycles. The maximum atomic E-state index is 13.7. The van der Waals surface area contributed by atoms with Crippen LogP contribution in [-0.2, 0) is 14.4 Å². The van der Waals surface area contributed by atoms with E-state index < -0.39 is 28.0 Å². The van der Waals surface area contributed by atoms with Crippen molar-refractivity contribution in [3.8, 4) is 0 Å². The van der Waals surface area contributed by atoms with Crippen molar-refractivity contribution in [3.05, 3.63) is 38.1 Å². The summed E-state index contributed by atoms with van der Waals surface area (Å²) in [6, 6.07) is 2.12. The Morgan fingerprint density at radius 2 is 2.35 bits per heavy atom. The molecule has 2 aliphatic rings. The second-order valence-electron chi connectivity index (χ2n) is 5.43. The first-order valence-corrected chi connectivity index (χ1v) is 7.68. The molecule has 0 N–H and O–H groups in total. The number of nitrogens with zero attached hydrogens (tertiary/aromatic N) is 2. The molecule has 1 aromatic carbocycles. The number of nitro groups is 1. The van der Waals surface area contributed by atoms with Crippen LogP contribution in [0, 0.1) is 21.8 Å².